The molecule has 1 aliphatic heterocycles. The van der Waals surface area contributed by atoms with E-state index in [0.29, 0.717) is 12.1 Å². The fraction of sp³-hybridized carbons (Fsp3) is 0.375. The van der Waals surface area contributed by atoms with E-state index in [9.17, 15) is 0 Å². The molecule has 1 saturated heterocycles. The fourth-order valence-electron chi connectivity index (χ4n) is 2.79. The highest BCUT2D eigenvalue weighted by atomic mass is 79.9. The van der Waals surface area contributed by atoms with E-state index in [1.165, 1.54) is 14.9 Å². The van der Waals surface area contributed by atoms with Gasteiger partial charge in [-0.25, -0.2) is 0 Å². The van der Waals surface area contributed by atoms with E-state index in [4.69, 9.17) is 0 Å². The van der Waals surface area contributed by atoms with Crippen LogP contribution in [0.5, 0.6) is 0 Å². The van der Waals surface area contributed by atoms with Crippen molar-refractivity contribution in [3.8, 4) is 0 Å². The number of benzene rings is 1. The normalized spacial score (nSPS) is 23.9. The first-order valence-corrected chi connectivity index (χ1v) is 8.65. The van der Waals surface area contributed by atoms with Crippen LogP contribution in [-0.4, -0.2) is 24.0 Å². The summed E-state index contributed by atoms with van der Waals surface area (Å²) in [5.41, 5.74) is 1.40. The molecule has 4 heteroatoms. The lowest BCUT2D eigenvalue weighted by Crippen LogP contribution is -2.50. The highest BCUT2D eigenvalue weighted by Gasteiger charge is 2.27. The van der Waals surface area contributed by atoms with Crippen LogP contribution >= 0.6 is 27.3 Å². The minimum absolute atomic E-state index is 0.460. The zero-order valence-corrected chi connectivity index (χ0v) is 14.0. The molecule has 0 bridgehead atoms. The van der Waals surface area contributed by atoms with E-state index in [0.717, 1.165) is 19.6 Å². The molecule has 0 radical (unpaired) electrons. The quantitative estimate of drug-likeness (QED) is 0.898. The molecule has 106 valence electrons. The molecule has 3 rings (SSSR count). The lowest BCUT2D eigenvalue weighted by molar-refractivity contribution is 0.129. The first-order chi connectivity index (χ1) is 9.74. The van der Waals surface area contributed by atoms with Gasteiger partial charge >= 0.3 is 0 Å². The van der Waals surface area contributed by atoms with Gasteiger partial charge in [-0.15, -0.1) is 11.3 Å². The number of piperazine rings is 1. The van der Waals surface area contributed by atoms with Gasteiger partial charge in [0.05, 0.1) is 0 Å². The predicted molar refractivity (Wildman–Crippen MR) is 89.1 cm³/mol. The molecule has 1 aromatic carbocycles. The SMILES string of the molecule is CC1CN(Cc2sccc2Br)C(c2ccccc2)CN1. The van der Waals surface area contributed by atoms with Gasteiger partial charge in [-0.05, 0) is 39.9 Å². The van der Waals surface area contributed by atoms with Gasteiger partial charge in [-0.1, -0.05) is 30.3 Å². The van der Waals surface area contributed by atoms with Crippen LogP contribution in [0, 0.1) is 0 Å². The Morgan fingerprint density at radius 1 is 1.30 bits per heavy atom. The second-order valence-electron chi connectivity index (χ2n) is 5.36. The Bertz CT molecular complexity index is 555. The molecule has 1 N–H and O–H groups in total. The third kappa shape index (κ3) is 3.14. The molecule has 2 heterocycles. The zero-order valence-electron chi connectivity index (χ0n) is 11.6. The van der Waals surface area contributed by atoms with E-state index in [-0.39, 0.29) is 0 Å². The Kier molecular flexibility index (Phi) is 4.56. The Labute approximate surface area is 132 Å². The molecular weight excluding hydrogens is 332 g/mol. The lowest BCUT2D eigenvalue weighted by Gasteiger charge is -2.39. The fourth-order valence-corrected chi connectivity index (χ4v) is 4.29. The largest absolute Gasteiger partial charge is 0.311 e. The van der Waals surface area contributed by atoms with Crippen molar-refractivity contribution in [1.82, 2.24) is 10.2 Å². The van der Waals surface area contributed by atoms with Gasteiger partial charge in [0.1, 0.15) is 0 Å². The summed E-state index contributed by atoms with van der Waals surface area (Å²) in [6.07, 6.45) is 0. The minimum atomic E-state index is 0.460. The van der Waals surface area contributed by atoms with Crippen LogP contribution < -0.4 is 5.32 Å². The molecule has 2 unspecified atom stereocenters. The summed E-state index contributed by atoms with van der Waals surface area (Å²) in [4.78, 5) is 4.01. The first kappa shape index (κ1) is 14.3. The summed E-state index contributed by atoms with van der Waals surface area (Å²) in [5, 5.41) is 5.76. The summed E-state index contributed by atoms with van der Waals surface area (Å²) >= 11 is 5.49. The predicted octanol–water partition coefficient (Wildman–Crippen LogP) is 4.05. The van der Waals surface area contributed by atoms with Gasteiger partial charge in [0.15, 0.2) is 0 Å². The lowest BCUT2D eigenvalue weighted by atomic mass is 10.0. The molecule has 2 atom stereocenters. The number of halogens is 1. The topological polar surface area (TPSA) is 15.3 Å². The standard InChI is InChI=1S/C16H19BrN2S/c1-12-10-19(11-16-14(17)7-8-20-16)15(9-18-12)13-5-3-2-4-6-13/h2-8,12,15,18H,9-11H2,1H3. The third-order valence-electron chi connectivity index (χ3n) is 3.83. The number of hydrogen-bond donors (Lipinski definition) is 1. The van der Waals surface area contributed by atoms with E-state index in [2.05, 4.69) is 74.8 Å². The van der Waals surface area contributed by atoms with Crippen molar-refractivity contribution in [3.05, 3.63) is 56.7 Å². The highest BCUT2D eigenvalue weighted by molar-refractivity contribution is 9.10. The molecular formula is C16H19BrN2S. The molecule has 0 aliphatic carbocycles. The molecule has 20 heavy (non-hydrogen) atoms. The summed E-state index contributed by atoms with van der Waals surface area (Å²) in [6.45, 7) is 5.39. The Balaban J connectivity index is 1.82. The second kappa shape index (κ2) is 6.39. The average molecular weight is 351 g/mol. The summed E-state index contributed by atoms with van der Waals surface area (Å²) in [7, 11) is 0. The molecule has 1 aliphatic rings. The zero-order chi connectivity index (χ0) is 13.9. The maximum absolute atomic E-state index is 3.65. The van der Waals surface area contributed by atoms with E-state index in [1.807, 2.05) is 11.3 Å². The Morgan fingerprint density at radius 3 is 2.80 bits per heavy atom. The minimum Gasteiger partial charge on any atom is -0.311 e. The van der Waals surface area contributed by atoms with Crippen LogP contribution in [0.2, 0.25) is 0 Å². The van der Waals surface area contributed by atoms with E-state index < -0.39 is 0 Å². The summed E-state index contributed by atoms with van der Waals surface area (Å²) < 4.78 is 1.24. The van der Waals surface area contributed by atoms with Crippen LogP contribution in [0.15, 0.2) is 46.3 Å². The van der Waals surface area contributed by atoms with E-state index in [1.54, 1.807) is 0 Å². The van der Waals surface area contributed by atoms with Crippen LogP contribution in [0.1, 0.15) is 23.4 Å². The maximum Gasteiger partial charge on any atom is 0.0477 e. The van der Waals surface area contributed by atoms with Gasteiger partial charge in [0, 0.05) is 41.1 Å². The number of nitrogens with one attached hydrogen (secondary N) is 1. The van der Waals surface area contributed by atoms with Crippen molar-refractivity contribution in [2.75, 3.05) is 13.1 Å². The van der Waals surface area contributed by atoms with Crippen LogP contribution in [-0.2, 0) is 6.54 Å². The van der Waals surface area contributed by atoms with Crippen molar-refractivity contribution in [1.29, 1.82) is 0 Å². The molecule has 1 fully saturated rings. The van der Waals surface area contributed by atoms with Crippen LogP contribution in [0.25, 0.3) is 0 Å². The molecule has 0 saturated carbocycles. The highest BCUT2D eigenvalue weighted by Crippen LogP contribution is 2.30. The van der Waals surface area contributed by atoms with Crippen molar-refractivity contribution in [2.45, 2.75) is 25.6 Å². The monoisotopic (exact) mass is 350 g/mol. The van der Waals surface area contributed by atoms with Gasteiger partial charge in [-0.3, -0.25) is 4.90 Å². The number of thiophene rings is 1. The smallest absolute Gasteiger partial charge is 0.0477 e. The third-order valence-corrected chi connectivity index (χ3v) is 5.74. The van der Waals surface area contributed by atoms with Crippen molar-refractivity contribution in [2.24, 2.45) is 0 Å². The van der Waals surface area contributed by atoms with Crippen molar-refractivity contribution >= 4 is 27.3 Å². The molecule has 1 aromatic heterocycles. The molecule has 0 amide bonds. The second-order valence-corrected chi connectivity index (χ2v) is 7.21. The molecule has 2 nitrogen and oxygen atoms in total. The van der Waals surface area contributed by atoms with Gasteiger partial charge < -0.3 is 5.32 Å². The van der Waals surface area contributed by atoms with Crippen molar-refractivity contribution in [3.63, 3.8) is 0 Å². The van der Waals surface area contributed by atoms with E-state index >= 15 is 0 Å². The first-order valence-electron chi connectivity index (χ1n) is 6.98. The molecule has 2 aromatic rings. The van der Waals surface area contributed by atoms with Gasteiger partial charge in [0.2, 0.25) is 0 Å². The maximum atomic E-state index is 3.65. The number of rotatable bonds is 3. The van der Waals surface area contributed by atoms with Gasteiger partial charge in [-0.2, -0.15) is 0 Å². The van der Waals surface area contributed by atoms with Crippen molar-refractivity contribution < 1.29 is 0 Å². The number of nitrogens with zero attached hydrogens (tertiary/aromatic N) is 1. The number of hydrogen-bond acceptors (Lipinski definition) is 3. The van der Waals surface area contributed by atoms with Gasteiger partial charge in [0.25, 0.3) is 0 Å². The average Bonchev–Trinajstić information content (AvgIpc) is 2.85. The Hall–Kier alpha value is -0.680. The van der Waals surface area contributed by atoms with Crippen LogP contribution in [0.3, 0.4) is 0 Å². The molecule has 0 spiro atoms. The summed E-state index contributed by atoms with van der Waals surface area (Å²) in [6, 6.07) is 14.0. The Morgan fingerprint density at radius 2 is 2.10 bits per heavy atom. The summed E-state index contributed by atoms with van der Waals surface area (Å²) in [5.74, 6) is 0. The van der Waals surface area contributed by atoms with Crippen LogP contribution in [0.4, 0.5) is 0 Å².